The van der Waals surface area contributed by atoms with Crippen LogP contribution in [-0.4, -0.2) is 19.5 Å². The fourth-order valence-electron chi connectivity index (χ4n) is 9.21. The van der Waals surface area contributed by atoms with Crippen LogP contribution in [0.2, 0.25) is 0 Å². The number of anilines is 3. The first-order valence-electron chi connectivity index (χ1n) is 21.4. The summed E-state index contributed by atoms with van der Waals surface area (Å²) in [4.78, 5) is 17.3. The van der Waals surface area contributed by atoms with Gasteiger partial charge in [-0.2, -0.15) is 0 Å². The van der Waals surface area contributed by atoms with Gasteiger partial charge in [-0.05, 0) is 113 Å². The zero-order valence-electron chi connectivity index (χ0n) is 34.3. The Morgan fingerprint density at radius 1 is 0.333 bits per heavy atom. The van der Waals surface area contributed by atoms with E-state index in [1.54, 1.807) is 0 Å². The minimum absolute atomic E-state index is 0.659. The summed E-state index contributed by atoms with van der Waals surface area (Å²) in [5.41, 5.74) is 17.2. The van der Waals surface area contributed by atoms with Gasteiger partial charge in [0, 0.05) is 50.2 Å². The van der Waals surface area contributed by atoms with E-state index in [2.05, 4.69) is 173 Å². The van der Waals surface area contributed by atoms with E-state index in [0.29, 0.717) is 17.5 Å². The number of hydrogen-bond donors (Lipinski definition) is 0. The second kappa shape index (κ2) is 15.2. The number of rotatable bonds is 8. The van der Waals surface area contributed by atoms with Crippen LogP contribution in [0.1, 0.15) is 11.1 Å². The Labute approximate surface area is 365 Å². The number of benzene rings is 9. The van der Waals surface area contributed by atoms with Crippen LogP contribution in [0.5, 0.6) is 0 Å². The van der Waals surface area contributed by atoms with Gasteiger partial charge in [-0.1, -0.05) is 152 Å². The number of para-hydroxylation sites is 3. The summed E-state index contributed by atoms with van der Waals surface area (Å²) in [6.45, 7) is 0. The fourth-order valence-corrected chi connectivity index (χ4v) is 9.21. The van der Waals surface area contributed by atoms with E-state index in [9.17, 15) is 0 Å². The highest BCUT2D eigenvalue weighted by Gasteiger charge is 2.23. The molecule has 0 saturated heterocycles. The minimum Gasteiger partial charge on any atom is -0.311 e. The third-order valence-corrected chi connectivity index (χ3v) is 12.3. The summed E-state index contributed by atoms with van der Waals surface area (Å²) in [7, 11) is 0. The maximum Gasteiger partial charge on any atom is 0.164 e. The van der Waals surface area contributed by atoms with Crippen molar-refractivity contribution in [2.75, 3.05) is 4.90 Å². The minimum atomic E-state index is 0.659. The maximum atomic E-state index is 5.04. The van der Waals surface area contributed by atoms with Crippen molar-refractivity contribution < 1.29 is 0 Å². The third kappa shape index (κ3) is 6.55. The number of hydrogen-bond acceptors (Lipinski definition) is 4. The molecule has 5 heteroatoms. The van der Waals surface area contributed by atoms with Crippen LogP contribution in [0.25, 0.3) is 83.9 Å². The van der Waals surface area contributed by atoms with Gasteiger partial charge in [0.2, 0.25) is 0 Å². The van der Waals surface area contributed by atoms with Gasteiger partial charge in [0.15, 0.2) is 17.5 Å². The summed E-state index contributed by atoms with van der Waals surface area (Å²) in [5.74, 6) is 1.98. The average molecular weight is 806 g/mol. The van der Waals surface area contributed by atoms with Gasteiger partial charge >= 0.3 is 0 Å². The summed E-state index contributed by atoms with van der Waals surface area (Å²) in [5, 5.41) is 2.45. The van der Waals surface area contributed by atoms with Crippen molar-refractivity contribution in [3.63, 3.8) is 0 Å². The van der Waals surface area contributed by atoms with E-state index in [4.69, 9.17) is 15.0 Å². The largest absolute Gasteiger partial charge is 0.311 e. The van der Waals surface area contributed by atoms with Crippen LogP contribution in [0, 0.1) is 0 Å². The molecule has 0 saturated carbocycles. The van der Waals surface area contributed by atoms with E-state index in [1.165, 1.54) is 55.2 Å². The summed E-state index contributed by atoms with van der Waals surface area (Å²) in [6, 6.07) is 79.6. The standard InChI is InChI=1S/C58H39N5/c1-5-15-40(16-6-1)56-59-57(41-17-7-2-8-18-41)61-58(60-56)45-26-25-43-35-44-29-33-49(38-52(44)51(43)37-45)63-54-24-14-13-23-50(54)53-36-42(30-34-55(53)63)39-27-31-48(32-28-39)62(46-19-9-3-10-20-46)47-21-11-4-12-22-47/h1-34,36-38H,35H2. The van der Waals surface area contributed by atoms with Crippen LogP contribution in [0.15, 0.2) is 224 Å². The first-order chi connectivity index (χ1) is 31.2. The van der Waals surface area contributed by atoms with Crippen molar-refractivity contribution in [1.82, 2.24) is 19.5 Å². The topological polar surface area (TPSA) is 46.8 Å². The zero-order valence-corrected chi connectivity index (χ0v) is 34.3. The smallest absolute Gasteiger partial charge is 0.164 e. The molecule has 0 radical (unpaired) electrons. The molecule has 11 aromatic rings. The SMILES string of the molecule is c1ccc(-c2nc(-c3ccccc3)nc(-c3ccc4c(c3)-c3cc(-n5c6ccccc6c6cc(-c7ccc(N(c8ccccc8)c8ccccc8)cc7)ccc65)ccc3C4)n2)cc1. The highest BCUT2D eigenvalue weighted by atomic mass is 15.1. The molecule has 5 nitrogen and oxygen atoms in total. The first-order valence-corrected chi connectivity index (χ1v) is 21.4. The Morgan fingerprint density at radius 2 is 0.810 bits per heavy atom. The van der Waals surface area contributed by atoms with Gasteiger partial charge in [0.05, 0.1) is 11.0 Å². The third-order valence-electron chi connectivity index (χ3n) is 12.3. The Morgan fingerprint density at radius 3 is 1.44 bits per heavy atom. The van der Waals surface area contributed by atoms with E-state index < -0.39 is 0 Å². The van der Waals surface area contributed by atoms with Crippen molar-refractivity contribution in [1.29, 1.82) is 0 Å². The molecular formula is C58H39N5. The quantitative estimate of drug-likeness (QED) is 0.153. The Balaban J connectivity index is 0.920. The predicted octanol–water partition coefficient (Wildman–Crippen LogP) is 14.7. The summed E-state index contributed by atoms with van der Waals surface area (Å²) < 4.78 is 2.42. The maximum absolute atomic E-state index is 5.04. The van der Waals surface area contributed by atoms with Gasteiger partial charge in [0.1, 0.15) is 0 Å². The predicted molar refractivity (Wildman–Crippen MR) is 259 cm³/mol. The molecule has 1 aliphatic rings. The van der Waals surface area contributed by atoms with Gasteiger partial charge in [-0.15, -0.1) is 0 Å². The number of fused-ring (bicyclic) bond motifs is 6. The van der Waals surface area contributed by atoms with E-state index in [-0.39, 0.29) is 0 Å². The molecule has 2 heterocycles. The van der Waals surface area contributed by atoms with Crippen molar-refractivity contribution in [3.8, 4) is 62.1 Å². The van der Waals surface area contributed by atoms with Gasteiger partial charge in [-0.3, -0.25) is 0 Å². The number of aromatic nitrogens is 4. The lowest BCUT2D eigenvalue weighted by molar-refractivity contribution is 1.07. The van der Waals surface area contributed by atoms with Gasteiger partial charge < -0.3 is 9.47 Å². The molecule has 9 aromatic carbocycles. The highest BCUT2D eigenvalue weighted by molar-refractivity contribution is 6.10. The molecule has 0 atom stereocenters. The van der Waals surface area contributed by atoms with Crippen LogP contribution >= 0.6 is 0 Å². The molecule has 12 rings (SSSR count). The molecule has 2 aromatic heterocycles. The van der Waals surface area contributed by atoms with Crippen molar-refractivity contribution in [2.45, 2.75) is 6.42 Å². The van der Waals surface area contributed by atoms with Crippen molar-refractivity contribution in [3.05, 3.63) is 236 Å². The highest BCUT2D eigenvalue weighted by Crippen LogP contribution is 2.43. The van der Waals surface area contributed by atoms with Crippen LogP contribution < -0.4 is 4.90 Å². The van der Waals surface area contributed by atoms with E-state index in [1.807, 2.05) is 60.7 Å². The summed E-state index contributed by atoms with van der Waals surface area (Å²) >= 11 is 0. The zero-order chi connectivity index (χ0) is 41.7. The molecule has 1 aliphatic carbocycles. The molecule has 0 N–H and O–H groups in total. The Bertz CT molecular complexity index is 3360. The van der Waals surface area contributed by atoms with Crippen LogP contribution in [0.3, 0.4) is 0 Å². The second-order valence-electron chi connectivity index (χ2n) is 16.1. The van der Waals surface area contributed by atoms with Gasteiger partial charge in [0.25, 0.3) is 0 Å². The molecule has 0 unspecified atom stereocenters. The average Bonchev–Trinajstić information content (AvgIpc) is 3.90. The van der Waals surface area contributed by atoms with Crippen LogP contribution in [-0.2, 0) is 6.42 Å². The lowest BCUT2D eigenvalue weighted by Gasteiger charge is -2.25. The molecular weight excluding hydrogens is 767 g/mol. The lowest BCUT2D eigenvalue weighted by atomic mass is 10.0. The molecule has 0 amide bonds. The Kier molecular flexibility index (Phi) is 8.82. The Hall–Kier alpha value is -8.41. The van der Waals surface area contributed by atoms with Gasteiger partial charge in [-0.25, -0.2) is 15.0 Å². The molecule has 63 heavy (non-hydrogen) atoms. The molecule has 0 fully saturated rings. The molecule has 0 aliphatic heterocycles. The molecule has 0 bridgehead atoms. The summed E-state index contributed by atoms with van der Waals surface area (Å²) in [6.07, 6.45) is 0.886. The lowest BCUT2D eigenvalue weighted by Crippen LogP contribution is -2.09. The second-order valence-corrected chi connectivity index (χ2v) is 16.1. The number of nitrogens with zero attached hydrogens (tertiary/aromatic N) is 5. The monoisotopic (exact) mass is 805 g/mol. The molecule has 296 valence electrons. The van der Waals surface area contributed by atoms with Crippen molar-refractivity contribution >= 4 is 38.9 Å². The fraction of sp³-hybridized carbons (Fsp3) is 0.0172. The normalized spacial score (nSPS) is 11.7. The van der Waals surface area contributed by atoms with E-state index in [0.717, 1.165) is 45.9 Å². The molecule has 0 spiro atoms. The first kappa shape index (κ1) is 36.4. The van der Waals surface area contributed by atoms with E-state index >= 15 is 0 Å². The van der Waals surface area contributed by atoms with Crippen LogP contribution in [0.4, 0.5) is 17.1 Å². The van der Waals surface area contributed by atoms with Crippen molar-refractivity contribution in [2.24, 2.45) is 0 Å².